The molecule has 1 unspecified atom stereocenters. The van der Waals surface area contributed by atoms with Crippen LogP contribution < -0.4 is 18.9 Å². The van der Waals surface area contributed by atoms with Gasteiger partial charge in [-0.3, -0.25) is 0 Å². The van der Waals surface area contributed by atoms with E-state index in [1.807, 2.05) is 64.1 Å². The quantitative estimate of drug-likeness (QED) is 0.189. The molecule has 0 fully saturated rings. The Labute approximate surface area is 293 Å². The van der Waals surface area contributed by atoms with Gasteiger partial charge in [-0.25, -0.2) is 9.59 Å². The molecule has 6 rings (SSSR count). The Kier molecular flexibility index (Phi) is 10.3. The molecule has 0 saturated carbocycles. The smallest absolute Gasteiger partial charge is 0.430 e. The SMILES string of the molecule is Cc1ccc(C)c(Oc2ccc3c(c2)OC(C(F)(F)F)C(C(=O)O)=C3)c1.Cc1ccc(C)c(Oc2ccc3c(c2)O[C@H](C(F)(F)F)C(C(=O)O)=C3)c1. The van der Waals surface area contributed by atoms with Crippen molar-refractivity contribution in [1.82, 2.24) is 0 Å². The fourth-order valence-electron chi connectivity index (χ4n) is 5.19. The fraction of sp³-hybridized carbons (Fsp3) is 0.211. The lowest BCUT2D eigenvalue weighted by Crippen LogP contribution is -2.40. The highest BCUT2D eigenvalue weighted by Gasteiger charge is 2.49. The first-order valence-corrected chi connectivity index (χ1v) is 15.4. The summed E-state index contributed by atoms with van der Waals surface area (Å²) in [6.07, 6.45) is -12.8. The molecule has 0 aliphatic carbocycles. The minimum absolute atomic E-state index is 0.0832. The standard InChI is InChI=1S/2C19H15F3O4/c2*1-10-3-4-11(2)15(7-10)25-13-6-5-12-8-14(18(23)24)17(19(20,21)22)26-16(12)9-13/h2*3-9,17H,1-2H3,(H,23,24)/t17-;/m0./s1. The molecule has 0 aromatic heterocycles. The Hall–Kier alpha value is -5.92. The molecule has 2 aliphatic heterocycles. The normalized spacial score (nSPS) is 16.3. The summed E-state index contributed by atoms with van der Waals surface area (Å²) in [6, 6.07) is 19.9. The Morgan fingerprint density at radius 2 is 0.942 bits per heavy atom. The van der Waals surface area contributed by atoms with E-state index in [0.717, 1.165) is 34.4 Å². The van der Waals surface area contributed by atoms with Crippen LogP contribution in [-0.4, -0.2) is 46.7 Å². The highest BCUT2D eigenvalue weighted by atomic mass is 19.4. The van der Waals surface area contributed by atoms with Crippen molar-refractivity contribution < 1.29 is 65.1 Å². The number of carboxylic acid groups (broad SMARTS) is 2. The lowest BCUT2D eigenvalue weighted by Gasteiger charge is -2.27. The molecule has 0 saturated heterocycles. The lowest BCUT2D eigenvalue weighted by molar-refractivity contribution is -0.187. The van der Waals surface area contributed by atoms with E-state index in [4.69, 9.17) is 29.2 Å². The van der Waals surface area contributed by atoms with Gasteiger partial charge in [-0.05, 0) is 98.5 Å². The number of carbonyl (C=O) groups is 2. The fourth-order valence-corrected chi connectivity index (χ4v) is 5.19. The van der Waals surface area contributed by atoms with Crippen LogP contribution in [0.4, 0.5) is 26.3 Å². The second-order valence-corrected chi connectivity index (χ2v) is 12.0. The number of benzene rings is 4. The molecule has 0 amide bonds. The molecule has 4 aromatic rings. The van der Waals surface area contributed by atoms with Gasteiger partial charge >= 0.3 is 24.3 Å². The molecule has 0 spiro atoms. The van der Waals surface area contributed by atoms with Gasteiger partial charge in [0.2, 0.25) is 12.2 Å². The molecule has 2 atom stereocenters. The summed E-state index contributed by atoms with van der Waals surface area (Å²) >= 11 is 0. The predicted molar refractivity (Wildman–Crippen MR) is 177 cm³/mol. The molecule has 2 aliphatic rings. The first-order valence-electron chi connectivity index (χ1n) is 15.4. The molecular weight excluding hydrogens is 698 g/mol. The Morgan fingerprint density at radius 1 is 0.577 bits per heavy atom. The van der Waals surface area contributed by atoms with E-state index in [9.17, 15) is 35.9 Å². The van der Waals surface area contributed by atoms with Crippen LogP contribution in [-0.2, 0) is 9.59 Å². The topological polar surface area (TPSA) is 112 Å². The maximum atomic E-state index is 13.1. The number of carboxylic acids is 2. The van der Waals surface area contributed by atoms with Crippen LogP contribution in [0.15, 0.2) is 83.9 Å². The Morgan fingerprint density at radius 3 is 1.27 bits per heavy atom. The largest absolute Gasteiger partial charge is 0.478 e. The molecule has 2 heterocycles. The van der Waals surface area contributed by atoms with Crippen LogP contribution >= 0.6 is 0 Å². The minimum atomic E-state index is -4.84. The summed E-state index contributed by atoms with van der Waals surface area (Å²) in [4.78, 5) is 22.3. The summed E-state index contributed by atoms with van der Waals surface area (Å²) in [6.45, 7) is 7.50. The number of alkyl halides is 6. The number of aryl methyl sites for hydroxylation is 4. The zero-order valence-corrected chi connectivity index (χ0v) is 27.8. The molecule has 52 heavy (non-hydrogen) atoms. The van der Waals surface area contributed by atoms with Crippen molar-refractivity contribution >= 4 is 24.1 Å². The van der Waals surface area contributed by atoms with E-state index in [0.29, 0.717) is 23.0 Å². The minimum Gasteiger partial charge on any atom is -0.478 e. The van der Waals surface area contributed by atoms with Gasteiger partial charge in [0, 0.05) is 23.3 Å². The monoisotopic (exact) mass is 728 g/mol. The lowest BCUT2D eigenvalue weighted by atomic mass is 10.0. The van der Waals surface area contributed by atoms with Crippen molar-refractivity contribution in [2.75, 3.05) is 0 Å². The van der Waals surface area contributed by atoms with Crippen molar-refractivity contribution in [1.29, 1.82) is 0 Å². The van der Waals surface area contributed by atoms with Crippen LogP contribution in [0, 0.1) is 27.7 Å². The maximum absolute atomic E-state index is 13.1. The van der Waals surface area contributed by atoms with Gasteiger partial charge < -0.3 is 29.2 Å². The second-order valence-electron chi connectivity index (χ2n) is 12.0. The molecule has 0 radical (unpaired) electrons. The number of aliphatic carboxylic acids is 2. The third kappa shape index (κ3) is 8.50. The summed E-state index contributed by atoms with van der Waals surface area (Å²) in [5.74, 6) is -1.76. The van der Waals surface area contributed by atoms with Crippen LogP contribution in [0.2, 0.25) is 0 Å². The van der Waals surface area contributed by atoms with Crippen LogP contribution in [0.25, 0.3) is 12.2 Å². The van der Waals surface area contributed by atoms with Gasteiger partial charge in [-0.1, -0.05) is 24.3 Å². The van der Waals surface area contributed by atoms with Crippen molar-refractivity contribution in [2.24, 2.45) is 0 Å². The Balaban J connectivity index is 0.000000201. The molecule has 8 nitrogen and oxygen atoms in total. The average molecular weight is 729 g/mol. The molecule has 272 valence electrons. The van der Waals surface area contributed by atoms with E-state index in [-0.39, 0.29) is 22.6 Å². The summed E-state index contributed by atoms with van der Waals surface area (Å²) < 4.78 is 100. The van der Waals surface area contributed by atoms with E-state index in [2.05, 4.69) is 0 Å². The summed E-state index contributed by atoms with van der Waals surface area (Å²) in [5.41, 5.74) is 2.48. The third-order valence-electron chi connectivity index (χ3n) is 7.88. The highest BCUT2D eigenvalue weighted by molar-refractivity contribution is 5.95. The van der Waals surface area contributed by atoms with Gasteiger partial charge in [-0.2, -0.15) is 26.3 Å². The number of rotatable bonds is 6. The molecule has 14 heteroatoms. The Bertz CT molecular complexity index is 1950. The molecule has 4 aromatic carbocycles. The molecular formula is C38H30F6O8. The first-order chi connectivity index (χ1) is 24.3. The summed E-state index contributed by atoms with van der Waals surface area (Å²) in [5, 5.41) is 18.1. The van der Waals surface area contributed by atoms with Gasteiger partial charge in [-0.15, -0.1) is 0 Å². The van der Waals surface area contributed by atoms with Gasteiger partial charge in [0.05, 0.1) is 11.1 Å². The number of fused-ring (bicyclic) bond motifs is 2. The number of ether oxygens (including phenoxy) is 4. The highest BCUT2D eigenvalue weighted by Crippen LogP contribution is 2.41. The zero-order valence-electron chi connectivity index (χ0n) is 27.8. The predicted octanol–water partition coefficient (Wildman–Crippen LogP) is 9.77. The van der Waals surface area contributed by atoms with E-state index in [1.165, 1.54) is 24.3 Å². The number of hydrogen-bond acceptors (Lipinski definition) is 6. The third-order valence-corrected chi connectivity index (χ3v) is 7.88. The number of hydrogen-bond donors (Lipinski definition) is 2. The van der Waals surface area contributed by atoms with Gasteiger partial charge in [0.15, 0.2) is 0 Å². The van der Waals surface area contributed by atoms with Gasteiger partial charge in [0.25, 0.3) is 0 Å². The van der Waals surface area contributed by atoms with Crippen LogP contribution in [0.1, 0.15) is 33.4 Å². The maximum Gasteiger partial charge on any atom is 0.430 e. The molecule has 2 N–H and O–H groups in total. The van der Waals surface area contributed by atoms with Crippen molar-refractivity contribution in [3.8, 4) is 34.5 Å². The van der Waals surface area contributed by atoms with Gasteiger partial charge in [0.1, 0.15) is 34.5 Å². The van der Waals surface area contributed by atoms with E-state index < -0.39 is 47.6 Å². The first kappa shape index (κ1) is 37.3. The van der Waals surface area contributed by atoms with Crippen molar-refractivity contribution in [2.45, 2.75) is 52.3 Å². The number of halogens is 6. The van der Waals surface area contributed by atoms with Crippen molar-refractivity contribution in [3.63, 3.8) is 0 Å². The van der Waals surface area contributed by atoms with Crippen LogP contribution in [0.3, 0.4) is 0 Å². The van der Waals surface area contributed by atoms with E-state index in [1.54, 1.807) is 12.1 Å². The summed E-state index contributed by atoms with van der Waals surface area (Å²) in [7, 11) is 0. The zero-order chi connectivity index (χ0) is 38.1. The average Bonchev–Trinajstić information content (AvgIpc) is 3.06. The molecule has 0 bridgehead atoms. The van der Waals surface area contributed by atoms with E-state index >= 15 is 0 Å². The second kappa shape index (κ2) is 14.4. The van der Waals surface area contributed by atoms with Crippen LogP contribution in [0.5, 0.6) is 34.5 Å². The van der Waals surface area contributed by atoms with Crippen molar-refractivity contribution in [3.05, 3.63) is 117 Å².